The quantitative estimate of drug-likeness (QED) is 0.717. The summed E-state index contributed by atoms with van der Waals surface area (Å²) >= 11 is 0. The van der Waals surface area contributed by atoms with Gasteiger partial charge in [0.15, 0.2) is 0 Å². The highest BCUT2D eigenvalue weighted by Crippen LogP contribution is 2.24. The van der Waals surface area contributed by atoms with Crippen molar-refractivity contribution in [3.8, 4) is 5.75 Å². The lowest BCUT2D eigenvalue weighted by molar-refractivity contribution is -0.116. The van der Waals surface area contributed by atoms with Crippen LogP contribution in [0.5, 0.6) is 5.75 Å². The van der Waals surface area contributed by atoms with E-state index in [0.717, 1.165) is 12.0 Å². The fourth-order valence-electron chi connectivity index (χ4n) is 1.67. The molecule has 0 aliphatic carbocycles. The lowest BCUT2D eigenvalue weighted by Gasteiger charge is -2.20. The highest BCUT2D eigenvalue weighted by molar-refractivity contribution is 5.92. The predicted molar refractivity (Wildman–Crippen MR) is 78.5 cm³/mol. The van der Waals surface area contributed by atoms with Crippen molar-refractivity contribution in [2.75, 3.05) is 11.9 Å². The van der Waals surface area contributed by atoms with E-state index in [1.807, 2.05) is 19.1 Å². The maximum atomic E-state index is 11.8. The summed E-state index contributed by atoms with van der Waals surface area (Å²) in [7, 11) is 0. The number of benzene rings is 1. The molecule has 0 spiro atoms. The van der Waals surface area contributed by atoms with Gasteiger partial charge in [-0.2, -0.15) is 0 Å². The maximum absolute atomic E-state index is 11.8. The molecule has 0 saturated heterocycles. The van der Waals surface area contributed by atoms with Gasteiger partial charge < -0.3 is 15.7 Å². The van der Waals surface area contributed by atoms with Crippen LogP contribution >= 0.6 is 0 Å². The Hall–Kier alpha value is -1.55. The molecule has 19 heavy (non-hydrogen) atoms. The standard InChI is InChI=1S/C15H24N2O2/c1-5-11-6-7-13(18)12(10-11)17-14(19)8-9-16-15(2,3)4/h6-7,10,16,18H,5,8-9H2,1-4H3,(H,17,19). The summed E-state index contributed by atoms with van der Waals surface area (Å²) < 4.78 is 0. The molecule has 0 unspecified atom stereocenters. The first-order valence-electron chi connectivity index (χ1n) is 6.68. The van der Waals surface area contributed by atoms with Crippen molar-refractivity contribution in [2.24, 2.45) is 0 Å². The Bertz CT molecular complexity index is 436. The molecule has 0 fully saturated rings. The Morgan fingerprint density at radius 3 is 2.58 bits per heavy atom. The third-order valence-electron chi connectivity index (χ3n) is 2.75. The molecule has 0 bridgehead atoms. The summed E-state index contributed by atoms with van der Waals surface area (Å²) in [6.45, 7) is 8.82. The molecule has 4 nitrogen and oxygen atoms in total. The number of amides is 1. The zero-order valence-corrected chi connectivity index (χ0v) is 12.2. The molecule has 0 radical (unpaired) electrons. The predicted octanol–water partition coefficient (Wildman–Crippen LogP) is 2.67. The fourth-order valence-corrected chi connectivity index (χ4v) is 1.67. The monoisotopic (exact) mass is 264 g/mol. The van der Waals surface area contributed by atoms with Crippen molar-refractivity contribution < 1.29 is 9.90 Å². The van der Waals surface area contributed by atoms with Gasteiger partial charge in [0.1, 0.15) is 5.75 Å². The average Bonchev–Trinajstić information content (AvgIpc) is 2.30. The third kappa shape index (κ3) is 5.75. The minimum atomic E-state index is -0.0969. The van der Waals surface area contributed by atoms with Gasteiger partial charge in [-0.3, -0.25) is 4.79 Å². The zero-order valence-electron chi connectivity index (χ0n) is 12.2. The van der Waals surface area contributed by atoms with Crippen LogP contribution < -0.4 is 10.6 Å². The number of phenols is 1. The minimum absolute atomic E-state index is 0.00451. The van der Waals surface area contributed by atoms with Crippen LogP contribution in [0.3, 0.4) is 0 Å². The largest absolute Gasteiger partial charge is 0.506 e. The van der Waals surface area contributed by atoms with Gasteiger partial charge in [-0.1, -0.05) is 13.0 Å². The van der Waals surface area contributed by atoms with E-state index in [1.165, 1.54) is 0 Å². The minimum Gasteiger partial charge on any atom is -0.506 e. The van der Waals surface area contributed by atoms with Crippen molar-refractivity contribution in [3.63, 3.8) is 0 Å². The molecule has 0 aliphatic rings. The maximum Gasteiger partial charge on any atom is 0.225 e. The molecule has 1 rings (SSSR count). The van der Waals surface area contributed by atoms with Crippen LogP contribution in [0.1, 0.15) is 39.7 Å². The number of rotatable bonds is 5. The first-order chi connectivity index (χ1) is 8.81. The Balaban J connectivity index is 2.52. The van der Waals surface area contributed by atoms with Crippen LogP contribution in [0.25, 0.3) is 0 Å². The normalized spacial score (nSPS) is 11.4. The number of carbonyl (C=O) groups excluding carboxylic acids is 1. The number of hydrogen-bond acceptors (Lipinski definition) is 3. The van der Waals surface area contributed by atoms with E-state index in [1.54, 1.807) is 6.07 Å². The summed E-state index contributed by atoms with van der Waals surface area (Å²) in [5, 5.41) is 15.7. The summed E-state index contributed by atoms with van der Waals surface area (Å²) in [5.41, 5.74) is 1.57. The van der Waals surface area contributed by atoms with E-state index >= 15 is 0 Å². The average molecular weight is 264 g/mol. The van der Waals surface area contributed by atoms with E-state index in [-0.39, 0.29) is 17.2 Å². The van der Waals surface area contributed by atoms with Crippen molar-refractivity contribution in [1.82, 2.24) is 5.32 Å². The van der Waals surface area contributed by atoms with Crippen molar-refractivity contribution in [1.29, 1.82) is 0 Å². The first kappa shape index (κ1) is 15.5. The van der Waals surface area contributed by atoms with Gasteiger partial charge in [0, 0.05) is 18.5 Å². The summed E-state index contributed by atoms with van der Waals surface area (Å²) in [5.74, 6) is 0.00892. The van der Waals surface area contributed by atoms with Crippen molar-refractivity contribution in [3.05, 3.63) is 23.8 Å². The van der Waals surface area contributed by atoms with Crippen LogP contribution in [-0.2, 0) is 11.2 Å². The molecular formula is C15H24N2O2. The molecule has 0 aliphatic heterocycles. The second-order valence-electron chi connectivity index (χ2n) is 5.68. The number of nitrogens with one attached hydrogen (secondary N) is 2. The van der Waals surface area contributed by atoms with Crippen LogP contribution in [0.15, 0.2) is 18.2 Å². The molecule has 0 heterocycles. The van der Waals surface area contributed by atoms with Gasteiger partial charge in [0.2, 0.25) is 5.91 Å². The summed E-state index contributed by atoms with van der Waals surface area (Å²) in [6, 6.07) is 5.28. The first-order valence-corrected chi connectivity index (χ1v) is 6.68. The number of aromatic hydroxyl groups is 1. The van der Waals surface area contributed by atoms with Crippen LogP contribution in [0.4, 0.5) is 5.69 Å². The fraction of sp³-hybridized carbons (Fsp3) is 0.533. The molecule has 1 amide bonds. The molecular weight excluding hydrogens is 240 g/mol. The smallest absolute Gasteiger partial charge is 0.225 e. The van der Waals surface area contributed by atoms with E-state index in [0.29, 0.717) is 18.7 Å². The van der Waals surface area contributed by atoms with Crippen LogP contribution in [-0.4, -0.2) is 23.1 Å². The lowest BCUT2D eigenvalue weighted by atomic mass is 10.1. The second kappa shape index (κ2) is 6.57. The van der Waals surface area contributed by atoms with Gasteiger partial charge in [0.25, 0.3) is 0 Å². The van der Waals surface area contributed by atoms with Crippen LogP contribution in [0.2, 0.25) is 0 Å². The van der Waals surface area contributed by atoms with Gasteiger partial charge >= 0.3 is 0 Å². The Labute approximate surface area is 115 Å². The highest BCUT2D eigenvalue weighted by Gasteiger charge is 2.11. The van der Waals surface area contributed by atoms with Crippen molar-refractivity contribution in [2.45, 2.75) is 46.1 Å². The van der Waals surface area contributed by atoms with Gasteiger partial charge in [-0.15, -0.1) is 0 Å². The Morgan fingerprint density at radius 2 is 2.00 bits per heavy atom. The molecule has 1 aromatic rings. The summed E-state index contributed by atoms with van der Waals surface area (Å²) in [4.78, 5) is 11.8. The molecule has 106 valence electrons. The Morgan fingerprint density at radius 1 is 1.32 bits per heavy atom. The summed E-state index contributed by atoms with van der Waals surface area (Å²) in [6.07, 6.45) is 1.25. The number of anilines is 1. The Kier molecular flexibility index (Phi) is 5.36. The van der Waals surface area contributed by atoms with Crippen LogP contribution in [0, 0.1) is 0 Å². The molecule has 0 aromatic heterocycles. The van der Waals surface area contributed by atoms with E-state index < -0.39 is 0 Å². The zero-order chi connectivity index (χ0) is 14.5. The van der Waals surface area contributed by atoms with E-state index in [2.05, 4.69) is 31.4 Å². The molecule has 3 N–H and O–H groups in total. The van der Waals surface area contributed by atoms with Gasteiger partial charge in [-0.25, -0.2) is 0 Å². The number of aryl methyl sites for hydroxylation is 1. The highest BCUT2D eigenvalue weighted by atomic mass is 16.3. The molecule has 1 aromatic carbocycles. The number of hydrogen-bond donors (Lipinski definition) is 3. The van der Waals surface area contributed by atoms with E-state index in [4.69, 9.17) is 0 Å². The number of carbonyl (C=O) groups is 1. The topological polar surface area (TPSA) is 61.4 Å². The molecule has 0 atom stereocenters. The lowest BCUT2D eigenvalue weighted by Crippen LogP contribution is -2.37. The van der Waals surface area contributed by atoms with Crippen molar-refractivity contribution >= 4 is 11.6 Å². The SMILES string of the molecule is CCc1ccc(O)c(NC(=O)CCNC(C)(C)C)c1. The number of phenolic OH excluding ortho intramolecular Hbond substituents is 1. The van der Waals surface area contributed by atoms with E-state index in [9.17, 15) is 9.90 Å². The van der Waals surface area contributed by atoms with Gasteiger partial charge in [-0.05, 0) is 44.9 Å². The molecule has 0 saturated carbocycles. The second-order valence-corrected chi connectivity index (χ2v) is 5.68. The third-order valence-corrected chi connectivity index (χ3v) is 2.75. The van der Waals surface area contributed by atoms with Gasteiger partial charge in [0.05, 0.1) is 5.69 Å². The molecule has 4 heteroatoms.